The molecule has 0 radical (unpaired) electrons. The van der Waals surface area contributed by atoms with Crippen LogP contribution in [0.2, 0.25) is 5.02 Å². The maximum Gasteiger partial charge on any atom is 0.295 e. The van der Waals surface area contributed by atoms with E-state index < -0.39 is 10.7 Å². The summed E-state index contributed by atoms with van der Waals surface area (Å²) in [5.74, 6) is -0.638. The van der Waals surface area contributed by atoms with Gasteiger partial charge in [0.05, 0.1) is 11.0 Å². The van der Waals surface area contributed by atoms with E-state index in [4.69, 9.17) is 11.6 Å². The molecule has 0 aliphatic rings. The Kier molecular flexibility index (Phi) is 4.20. The highest BCUT2D eigenvalue weighted by Gasteiger charge is 2.17. The normalized spacial score (nSPS) is 11.9. The molecule has 0 heterocycles. The van der Waals surface area contributed by atoms with Gasteiger partial charge in [-0.05, 0) is 36.8 Å². The summed E-state index contributed by atoms with van der Waals surface area (Å²) in [6.45, 7) is 1.86. The lowest BCUT2D eigenvalue weighted by molar-refractivity contribution is -0.384. The molecule has 2 aromatic rings. The molecule has 20 heavy (non-hydrogen) atoms. The van der Waals surface area contributed by atoms with Crippen LogP contribution in [0.5, 0.6) is 0 Å². The van der Waals surface area contributed by atoms with Crippen LogP contribution in [-0.4, -0.2) is 4.92 Å². The summed E-state index contributed by atoms with van der Waals surface area (Å²) in [5, 5.41) is 14.5. The lowest BCUT2D eigenvalue weighted by atomic mass is 10.1. The lowest BCUT2D eigenvalue weighted by Crippen LogP contribution is -2.08. The van der Waals surface area contributed by atoms with Crippen molar-refractivity contribution in [3.63, 3.8) is 0 Å². The maximum atomic E-state index is 13.1. The Morgan fingerprint density at radius 2 is 1.90 bits per heavy atom. The highest BCUT2D eigenvalue weighted by Crippen LogP contribution is 2.29. The van der Waals surface area contributed by atoms with E-state index in [1.807, 2.05) is 19.1 Å². The summed E-state index contributed by atoms with van der Waals surface area (Å²) in [4.78, 5) is 10.3. The van der Waals surface area contributed by atoms with Crippen molar-refractivity contribution in [2.75, 3.05) is 5.32 Å². The van der Waals surface area contributed by atoms with Crippen molar-refractivity contribution in [3.05, 3.63) is 69.0 Å². The van der Waals surface area contributed by atoms with Crippen LogP contribution in [0, 0.1) is 15.9 Å². The van der Waals surface area contributed by atoms with Gasteiger partial charge < -0.3 is 5.32 Å². The molecule has 0 fully saturated rings. The third kappa shape index (κ3) is 3.24. The van der Waals surface area contributed by atoms with Crippen LogP contribution in [0.1, 0.15) is 18.5 Å². The van der Waals surface area contributed by atoms with Gasteiger partial charge in [-0.2, -0.15) is 0 Å². The average molecular weight is 295 g/mol. The second-order valence-electron chi connectivity index (χ2n) is 4.34. The molecule has 1 atom stereocenters. The molecule has 2 aromatic carbocycles. The molecule has 104 valence electrons. The molecule has 6 heteroatoms. The standard InChI is InChI=1S/C14H12ClFN2O2/c1-9(10-2-4-11(15)5-3-10)17-13-7-6-12(16)8-14(13)18(19)20/h2-9,17H,1H3. The second-order valence-corrected chi connectivity index (χ2v) is 4.77. The summed E-state index contributed by atoms with van der Waals surface area (Å²) >= 11 is 5.81. The largest absolute Gasteiger partial charge is 0.373 e. The number of nitro groups is 1. The van der Waals surface area contributed by atoms with Crippen LogP contribution in [-0.2, 0) is 0 Å². The monoisotopic (exact) mass is 294 g/mol. The zero-order valence-electron chi connectivity index (χ0n) is 10.6. The predicted molar refractivity (Wildman–Crippen MR) is 76.5 cm³/mol. The third-order valence-corrected chi connectivity index (χ3v) is 3.15. The first-order valence-electron chi connectivity index (χ1n) is 5.93. The number of benzene rings is 2. The topological polar surface area (TPSA) is 55.2 Å². The van der Waals surface area contributed by atoms with Crippen LogP contribution in [0.4, 0.5) is 15.8 Å². The van der Waals surface area contributed by atoms with Gasteiger partial charge in [0.1, 0.15) is 11.5 Å². The Hall–Kier alpha value is -2.14. The molecule has 0 saturated carbocycles. The minimum Gasteiger partial charge on any atom is -0.373 e. The number of rotatable bonds is 4. The van der Waals surface area contributed by atoms with Crippen LogP contribution in [0.3, 0.4) is 0 Å². The van der Waals surface area contributed by atoms with Gasteiger partial charge in [-0.3, -0.25) is 10.1 Å². The van der Waals surface area contributed by atoms with Gasteiger partial charge in [0.2, 0.25) is 0 Å². The van der Waals surface area contributed by atoms with Gasteiger partial charge in [0, 0.05) is 11.1 Å². The predicted octanol–water partition coefficient (Wildman–Crippen LogP) is 4.56. The average Bonchev–Trinajstić information content (AvgIpc) is 2.41. The second kappa shape index (κ2) is 5.88. The molecular formula is C14H12ClFN2O2. The number of nitrogens with zero attached hydrogens (tertiary/aromatic N) is 1. The summed E-state index contributed by atoms with van der Waals surface area (Å²) < 4.78 is 13.1. The van der Waals surface area contributed by atoms with Gasteiger partial charge in [-0.15, -0.1) is 0 Å². The van der Waals surface area contributed by atoms with Gasteiger partial charge >= 0.3 is 0 Å². The lowest BCUT2D eigenvalue weighted by Gasteiger charge is -2.15. The summed E-state index contributed by atoms with van der Waals surface area (Å²) in [6.07, 6.45) is 0. The molecule has 0 aliphatic heterocycles. The van der Waals surface area contributed by atoms with E-state index in [2.05, 4.69) is 5.32 Å². The molecule has 4 nitrogen and oxygen atoms in total. The number of halogens is 2. The molecule has 1 N–H and O–H groups in total. The third-order valence-electron chi connectivity index (χ3n) is 2.90. The van der Waals surface area contributed by atoms with Crippen molar-refractivity contribution in [2.24, 2.45) is 0 Å². The van der Waals surface area contributed by atoms with Gasteiger partial charge in [-0.25, -0.2) is 4.39 Å². The van der Waals surface area contributed by atoms with Gasteiger partial charge in [-0.1, -0.05) is 23.7 Å². The number of hydrogen-bond donors (Lipinski definition) is 1. The minimum atomic E-state index is -0.638. The van der Waals surface area contributed by atoms with Gasteiger partial charge in [0.25, 0.3) is 5.69 Å². The van der Waals surface area contributed by atoms with E-state index in [-0.39, 0.29) is 17.4 Å². The van der Waals surface area contributed by atoms with Crippen LogP contribution >= 0.6 is 11.6 Å². The molecular weight excluding hydrogens is 283 g/mol. The highest BCUT2D eigenvalue weighted by molar-refractivity contribution is 6.30. The molecule has 0 saturated heterocycles. The Balaban J connectivity index is 2.25. The molecule has 2 rings (SSSR count). The van der Waals surface area contributed by atoms with E-state index in [1.165, 1.54) is 12.1 Å². The first-order chi connectivity index (χ1) is 9.47. The van der Waals surface area contributed by atoms with E-state index in [9.17, 15) is 14.5 Å². The number of hydrogen-bond acceptors (Lipinski definition) is 3. The highest BCUT2D eigenvalue weighted by atomic mass is 35.5. The van der Waals surface area contributed by atoms with Crippen LogP contribution in [0.15, 0.2) is 42.5 Å². The van der Waals surface area contributed by atoms with E-state index in [0.29, 0.717) is 5.02 Å². The molecule has 0 aromatic heterocycles. The minimum absolute atomic E-state index is 0.170. The summed E-state index contributed by atoms with van der Waals surface area (Å²) in [7, 11) is 0. The molecule has 0 amide bonds. The SMILES string of the molecule is CC(Nc1ccc(F)cc1[N+](=O)[O-])c1ccc(Cl)cc1. The van der Waals surface area contributed by atoms with Crippen molar-refractivity contribution in [3.8, 4) is 0 Å². The van der Waals surface area contributed by atoms with Crippen molar-refractivity contribution in [2.45, 2.75) is 13.0 Å². The molecule has 0 spiro atoms. The Morgan fingerprint density at radius 3 is 2.50 bits per heavy atom. The fraction of sp³-hybridized carbons (Fsp3) is 0.143. The molecule has 0 bridgehead atoms. The zero-order chi connectivity index (χ0) is 14.7. The quantitative estimate of drug-likeness (QED) is 0.664. The Bertz CT molecular complexity index is 632. The zero-order valence-corrected chi connectivity index (χ0v) is 11.4. The fourth-order valence-electron chi connectivity index (χ4n) is 1.85. The smallest absolute Gasteiger partial charge is 0.295 e. The van der Waals surface area contributed by atoms with Crippen LogP contribution in [0.25, 0.3) is 0 Å². The van der Waals surface area contributed by atoms with E-state index >= 15 is 0 Å². The van der Waals surface area contributed by atoms with Gasteiger partial charge in [0.15, 0.2) is 0 Å². The van der Waals surface area contributed by atoms with E-state index in [1.54, 1.807) is 12.1 Å². The van der Waals surface area contributed by atoms with Crippen molar-refractivity contribution < 1.29 is 9.31 Å². The molecule has 0 aliphatic carbocycles. The fourth-order valence-corrected chi connectivity index (χ4v) is 1.97. The van der Waals surface area contributed by atoms with Crippen LogP contribution < -0.4 is 5.32 Å². The first kappa shape index (κ1) is 14.3. The van der Waals surface area contributed by atoms with E-state index in [0.717, 1.165) is 11.6 Å². The number of anilines is 1. The number of nitrogens with one attached hydrogen (secondary N) is 1. The Morgan fingerprint density at radius 1 is 1.25 bits per heavy atom. The van der Waals surface area contributed by atoms with Crippen molar-refractivity contribution in [1.29, 1.82) is 0 Å². The maximum absolute atomic E-state index is 13.1. The molecule has 1 unspecified atom stereocenters. The summed E-state index contributed by atoms with van der Waals surface area (Å²) in [6, 6.07) is 10.4. The van der Waals surface area contributed by atoms with Crippen molar-refractivity contribution >= 4 is 23.0 Å². The summed E-state index contributed by atoms with van der Waals surface area (Å²) in [5.41, 5.74) is 0.915. The Labute approximate surface area is 120 Å². The first-order valence-corrected chi connectivity index (χ1v) is 6.31. The number of nitro benzene ring substituents is 1. The van der Waals surface area contributed by atoms with Crippen molar-refractivity contribution in [1.82, 2.24) is 0 Å².